The molecule has 1 aliphatic rings. The highest BCUT2D eigenvalue weighted by Gasteiger charge is 2.10. The molecular formula is C17H22FN5O. The van der Waals surface area contributed by atoms with Crippen LogP contribution in [-0.4, -0.2) is 54.3 Å². The second-order valence-corrected chi connectivity index (χ2v) is 5.73. The van der Waals surface area contributed by atoms with Crippen molar-refractivity contribution in [2.75, 3.05) is 50.0 Å². The van der Waals surface area contributed by atoms with Gasteiger partial charge in [-0.05, 0) is 25.1 Å². The molecule has 2 heterocycles. The molecular weight excluding hydrogens is 309 g/mol. The van der Waals surface area contributed by atoms with Gasteiger partial charge in [-0.15, -0.1) is 0 Å². The molecule has 2 aromatic rings. The Balaban J connectivity index is 1.58. The van der Waals surface area contributed by atoms with Crippen molar-refractivity contribution in [1.82, 2.24) is 14.9 Å². The zero-order valence-electron chi connectivity index (χ0n) is 13.8. The van der Waals surface area contributed by atoms with Gasteiger partial charge < -0.3 is 15.4 Å². The SMILES string of the molecule is Cc1cc(NCCN2CCOCC2)nc(Nc2cccc(F)c2)n1. The number of nitrogens with zero attached hydrogens (tertiary/aromatic N) is 3. The Kier molecular flexibility index (Phi) is 5.55. The van der Waals surface area contributed by atoms with Crippen LogP contribution in [0, 0.1) is 12.7 Å². The van der Waals surface area contributed by atoms with E-state index in [0.29, 0.717) is 11.6 Å². The first-order chi connectivity index (χ1) is 11.7. The molecule has 128 valence electrons. The maximum absolute atomic E-state index is 13.3. The lowest BCUT2D eigenvalue weighted by Crippen LogP contribution is -2.39. The van der Waals surface area contributed by atoms with Gasteiger partial charge in [0.25, 0.3) is 0 Å². The maximum Gasteiger partial charge on any atom is 0.229 e. The Morgan fingerprint density at radius 2 is 2.04 bits per heavy atom. The third-order valence-corrected chi connectivity index (χ3v) is 3.77. The molecule has 0 aliphatic carbocycles. The molecule has 0 radical (unpaired) electrons. The van der Waals surface area contributed by atoms with Gasteiger partial charge in [0, 0.05) is 43.6 Å². The number of hydrogen-bond acceptors (Lipinski definition) is 6. The maximum atomic E-state index is 13.3. The van der Waals surface area contributed by atoms with E-state index in [1.165, 1.54) is 12.1 Å². The summed E-state index contributed by atoms with van der Waals surface area (Å²) in [5.74, 6) is 0.917. The summed E-state index contributed by atoms with van der Waals surface area (Å²) in [5.41, 5.74) is 1.47. The van der Waals surface area contributed by atoms with E-state index in [-0.39, 0.29) is 5.82 Å². The van der Waals surface area contributed by atoms with Crippen molar-refractivity contribution in [3.8, 4) is 0 Å². The number of halogens is 1. The predicted octanol–water partition coefficient (Wildman–Crippen LogP) is 2.41. The van der Waals surface area contributed by atoms with Gasteiger partial charge in [-0.25, -0.2) is 9.37 Å². The van der Waals surface area contributed by atoms with E-state index in [1.807, 2.05) is 13.0 Å². The Hall–Kier alpha value is -2.25. The molecule has 3 rings (SSSR count). The van der Waals surface area contributed by atoms with Crippen LogP contribution in [0.15, 0.2) is 30.3 Å². The molecule has 1 aromatic heterocycles. The Labute approximate surface area is 141 Å². The van der Waals surface area contributed by atoms with Gasteiger partial charge >= 0.3 is 0 Å². The minimum absolute atomic E-state index is 0.295. The highest BCUT2D eigenvalue weighted by molar-refractivity contribution is 5.55. The van der Waals surface area contributed by atoms with E-state index in [0.717, 1.165) is 50.9 Å². The van der Waals surface area contributed by atoms with Crippen LogP contribution >= 0.6 is 0 Å². The van der Waals surface area contributed by atoms with Crippen LogP contribution < -0.4 is 10.6 Å². The molecule has 0 unspecified atom stereocenters. The molecule has 1 aliphatic heterocycles. The van der Waals surface area contributed by atoms with Crippen LogP contribution in [0.2, 0.25) is 0 Å². The van der Waals surface area contributed by atoms with Crippen LogP contribution in [0.3, 0.4) is 0 Å². The molecule has 0 atom stereocenters. The van der Waals surface area contributed by atoms with Gasteiger partial charge in [0.15, 0.2) is 0 Å². The quantitative estimate of drug-likeness (QED) is 0.848. The van der Waals surface area contributed by atoms with Crippen LogP contribution in [0.5, 0.6) is 0 Å². The summed E-state index contributed by atoms with van der Waals surface area (Å²) in [6.07, 6.45) is 0. The van der Waals surface area contributed by atoms with Gasteiger partial charge in [-0.3, -0.25) is 4.90 Å². The van der Waals surface area contributed by atoms with Crippen molar-refractivity contribution < 1.29 is 9.13 Å². The molecule has 0 saturated carbocycles. The molecule has 0 amide bonds. The number of anilines is 3. The zero-order valence-corrected chi connectivity index (χ0v) is 13.8. The predicted molar refractivity (Wildman–Crippen MR) is 92.2 cm³/mol. The van der Waals surface area contributed by atoms with Crippen molar-refractivity contribution in [3.63, 3.8) is 0 Å². The summed E-state index contributed by atoms with van der Waals surface area (Å²) < 4.78 is 18.6. The van der Waals surface area contributed by atoms with E-state index < -0.39 is 0 Å². The molecule has 1 saturated heterocycles. The average Bonchev–Trinajstić information content (AvgIpc) is 2.55. The fourth-order valence-electron chi connectivity index (χ4n) is 2.58. The first-order valence-electron chi connectivity index (χ1n) is 8.11. The van der Waals surface area contributed by atoms with E-state index in [2.05, 4.69) is 25.5 Å². The Bertz CT molecular complexity index is 676. The minimum atomic E-state index is -0.295. The van der Waals surface area contributed by atoms with Crippen molar-refractivity contribution in [1.29, 1.82) is 0 Å². The lowest BCUT2D eigenvalue weighted by atomic mass is 10.3. The number of benzene rings is 1. The summed E-state index contributed by atoms with van der Waals surface area (Å²) in [4.78, 5) is 11.1. The monoisotopic (exact) mass is 331 g/mol. The number of nitrogens with one attached hydrogen (secondary N) is 2. The van der Waals surface area contributed by atoms with Gasteiger partial charge in [0.2, 0.25) is 5.95 Å². The van der Waals surface area contributed by atoms with Gasteiger partial charge in [-0.1, -0.05) is 6.07 Å². The fourth-order valence-corrected chi connectivity index (χ4v) is 2.58. The second kappa shape index (κ2) is 8.03. The number of rotatable bonds is 6. The summed E-state index contributed by atoms with van der Waals surface area (Å²) in [7, 11) is 0. The van der Waals surface area contributed by atoms with E-state index >= 15 is 0 Å². The molecule has 1 aromatic carbocycles. The zero-order chi connectivity index (χ0) is 16.8. The number of hydrogen-bond donors (Lipinski definition) is 2. The molecule has 6 nitrogen and oxygen atoms in total. The molecule has 7 heteroatoms. The van der Waals surface area contributed by atoms with Crippen molar-refractivity contribution in [2.24, 2.45) is 0 Å². The van der Waals surface area contributed by atoms with Crippen molar-refractivity contribution in [2.45, 2.75) is 6.92 Å². The van der Waals surface area contributed by atoms with Crippen molar-refractivity contribution >= 4 is 17.5 Å². The Morgan fingerprint density at radius 1 is 1.21 bits per heavy atom. The largest absolute Gasteiger partial charge is 0.379 e. The summed E-state index contributed by atoms with van der Waals surface area (Å²) in [5, 5.41) is 6.36. The standard InChI is InChI=1S/C17H22FN5O/c1-13-11-16(19-5-6-23-7-9-24-10-8-23)22-17(20-13)21-15-4-2-3-14(18)12-15/h2-4,11-12H,5-10H2,1H3,(H2,19,20,21,22). The van der Waals surface area contributed by atoms with E-state index in [9.17, 15) is 4.39 Å². The number of aryl methyl sites for hydroxylation is 1. The number of aromatic nitrogens is 2. The average molecular weight is 331 g/mol. The first kappa shape index (κ1) is 16.6. The topological polar surface area (TPSA) is 62.3 Å². The molecule has 1 fully saturated rings. The smallest absolute Gasteiger partial charge is 0.229 e. The molecule has 0 bridgehead atoms. The molecule has 2 N–H and O–H groups in total. The fraction of sp³-hybridized carbons (Fsp3) is 0.412. The lowest BCUT2D eigenvalue weighted by molar-refractivity contribution is 0.0398. The number of morpholine rings is 1. The normalized spacial score (nSPS) is 15.2. The number of ether oxygens (including phenoxy) is 1. The van der Waals surface area contributed by atoms with Crippen LogP contribution in [-0.2, 0) is 4.74 Å². The van der Waals surface area contributed by atoms with Crippen LogP contribution in [0.4, 0.5) is 21.8 Å². The van der Waals surface area contributed by atoms with E-state index in [1.54, 1.807) is 12.1 Å². The summed E-state index contributed by atoms with van der Waals surface area (Å²) >= 11 is 0. The van der Waals surface area contributed by atoms with Gasteiger partial charge in [0.05, 0.1) is 13.2 Å². The highest BCUT2D eigenvalue weighted by Crippen LogP contribution is 2.16. The van der Waals surface area contributed by atoms with Crippen LogP contribution in [0.1, 0.15) is 5.69 Å². The first-order valence-corrected chi connectivity index (χ1v) is 8.11. The lowest BCUT2D eigenvalue weighted by Gasteiger charge is -2.26. The highest BCUT2D eigenvalue weighted by atomic mass is 19.1. The molecule has 24 heavy (non-hydrogen) atoms. The van der Waals surface area contributed by atoms with Gasteiger partial charge in [0.1, 0.15) is 11.6 Å². The van der Waals surface area contributed by atoms with E-state index in [4.69, 9.17) is 4.74 Å². The molecule has 0 spiro atoms. The minimum Gasteiger partial charge on any atom is -0.379 e. The summed E-state index contributed by atoms with van der Waals surface area (Å²) in [6, 6.07) is 8.14. The third kappa shape index (κ3) is 4.87. The summed E-state index contributed by atoms with van der Waals surface area (Å²) in [6.45, 7) is 7.19. The van der Waals surface area contributed by atoms with Crippen LogP contribution in [0.25, 0.3) is 0 Å². The Morgan fingerprint density at radius 3 is 2.83 bits per heavy atom. The van der Waals surface area contributed by atoms with Gasteiger partial charge in [-0.2, -0.15) is 4.98 Å². The second-order valence-electron chi connectivity index (χ2n) is 5.73. The van der Waals surface area contributed by atoms with Crippen molar-refractivity contribution in [3.05, 3.63) is 41.8 Å². The third-order valence-electron chi connectivity index (χ3n) is 3.77.